The molecule has 5 aromatic rings. The summed E-state index contributed by atoms with van der Waals surface area (Å²) in [6, 6.07) is 21.6. The number of nitrogens with two attached hydrogens (primary N) is 2. The number of aryl methyl sites for hydroxylation is 1. The molecule has 43 heavy (non-hydrogen) atoms. The van der Waals surface area contributed by atoms with Gasteiger partial charge in [0.25, 0.3) is 11.8 Å². The first-order valence-corrected chi connectivity index (χ1v) is 14.8. The molecule has 4 aromatic carbocycles. The number of carbonyl (C=O) groups excluding carboxylic acids is 2. The smallest absolute Gasteiger partial charge is 0.258 e. The van der Waals surface area contributed by atoms with Crippen molar-refractivity contribution in [3.05, 3.63) is 107 Å². The van der Waals surface area contributed by atoms with Crippen molar-refractivity contribution < 1.29 is 22.7 Å². The largest absolute Gasteiger partial charge is 0.497 e. The summed E-state index contributed by atoms with van der Waals surface area (Å²) in [5.41, 5.74) is 15.5. The normalized spacial score (nSPS) is 12.8. The minimum atomic E-state index is -4.14. The van der Waals surface area contributed by atoms with E-state index in [1.54, 1.807) is 74.7 Å². The lowest BCUT2D eigenvalue weighted by Crippen LogP contribution is -2.22. The Balaban J connectivity index is 1.49. The van der Waals surface area contributed by atoms with Crippen LogP contribution in [-0.2, 0) is 16.4 Å². The Hall–Kier alpha value is -5.42. The number of amides is 2. The first-order chi connectivity index (χ1) is 20.6. The molecule has 5 N–H and O–H groups in total. The quantitative estimate of drug-likeness (QED) is 0.223. The fourth-order valence-corrected chi connectivity index (χ4v) is 6.93. The maximum Gasteiger partial charge on any atom is 0.258 e. The van der Waals surface area contributed by atoms with Gasteiger partial charge >= 0.3 is 0 Å². The van der Waals surface area contributed by atoms with Crippen LogP contribution in [0.1, 0.15) is 31.8 Å². The Morgan fingerprint density at radius 2 is 1.77 bits per heavy atom. The predicted molar refractivity (Wildman–Crippen MR) is 165 cm³/mol. The monoisotopic (exact) mass is 593 g/mol. The van der Waals surface area contributed by atoms with Crippen molar-refractivity contribution in [2.75, 3.05) is 23.1 Å². The van der Waals surface area contributed by atoms with Crippen molar-refractivity contribution in [2.24, 2.45) is 5.73 Å². The number of anilines is 4. The molecular formula is C32H27N5O5S. The van der Waals surface area contributed by atoms with E-state index in [1.807, 2.05) is 0 Å². The first-order valence-electron chi connectivity index (χ1n) is 13.3. The highest BCUT2D eigenvalue weighted by atomic mass is 32.2. The molecule has 0 radical (unpaired) electrons. The molecule has 0 saturated heterocycles. The number of fused-ring (bicyclic) bond motifs is 2. The van der Waals surface area contributed by atoms with Crippen molar-refractivity contribution in [3.63, 3.8) is 0 Å². The van der Waals surface area contributed by atoms with Gasteiger partial charge in [-0.05, 0) is 73.2 Å². The van der Waals surface area contributed by atoms with Crippen LogP contribution in [0.4, 0.5) is 22.7 Å². The Morgan fingerprint density at radius 1 is 1.02 bits per heavy atom. The van der Waals surface area contributed by atoms with Gasteiger partial charge in [0.1, 0.15) is 5.75 Å². The fraction of sp³-hybridized carbons (Fsp3) is 0.0938. The van der Waals surface area contributed by atoms with E-state index in [9.17, 15) is 18.0 Å². The summed E-state index contributed by atoms with van der Waals surface area (Å²) >= 11 is 0. The lowest BCUT2D eigenvalue weighted by atomic mass is 10.1. The Morgan fingerprint density at radius 3 is 2.49 bits per heavy atom. The number of carbonyl (C=O) groups is 2. The van der Waals surface area contributed by atoms with E-state index in [0.29, 0.717) is 56.1 Å². The lowest BCUT2D eigenvalue weighted by Gasteiger charge is -2.17. The van der Waals surface area contributed by atoms with Crippen molar-refractivity contribution in [1.82, 2.24) is 4.98 Å². The van der Waals surface area contributed by atoms with Crippen molar-refractivity contribution in [2.45, 2.75) is 23.3 Å². The first kappa shape index (κ1) is 27.7. The topological polar surface area (TPSA) is 158 Å². The molecule has 11 heteroatoms. The summed E-state index contributed by atoms with van der Waals surface area (Å²) in [7, 11) is -2.60. The molecule has 0 aliphatic carbocycles. The number of aromatic nitrogens is 1. The fourth-order valence-electron chi connectivity index (χ4n) is 5.31. The van der Waals surface area contributed by atoms with Gasteiger partial charge in [-0.1, -0.05) is 12.1 Å². The second-order valence-corrected chi connectivity index (χ2v) is 12.1. The summed E-state index contributed by atoms with van der Waals surface area (Å²) in [4.78, 5) is 31.7. The second-order valence-electron chi connectivity index (χ2n) is 10.2. The highest BCUT2D eigenvalue weighted by molar-refractivity contribution is 7.91. The maximum absolute atomic E-state index is 14.3. The third kappa shape index (κ3) is 4.79. The van der Waals surface area contributed by atoms with Crippen LogP contribution in [-0.4, -0.2) is 32.3 Å². The summed E-state index contributed by atoms with van der Waals surface area (Å²) in [5.74, 6) is -0.441. The van der Waals surface area contributed by atoms with Gasteiger partial charge in [0, 0.05) is 45.8 Å². The van der Waals surface area contributed by atoms with E-state index in [4.69, 9.17) is 16.2 Å². The third-order valence-electron chi connectivity index (χ3n) is 7.47. The molecule has 0 fully saturated rings. The molecule has 1 aliphatic heterocycles. The molecule has 216 valence electrons. The summed E-state index contributed by atoms with van der Waals surface area (Å²) in [6.07, 6.45) is 1.37. The van der Waals surface area contributed by atoms with Crippen LogP contribution in [0.3, 0.4) is 0 Å². The van der Waals surface area contributed by atoms with Crippen molar-refractivity contribution in [3.8, 4) is 5.75 Å². The van der Waals surface area contributed by atoms with E-state index in [2.05, 4.69) is 10.3 Å². The molecule has 0 saturated carbocycles. The number of hydrogen-bond acceptors (Lipinski definition) is 8. The highest BCUT2D eigenvalue weighted by Gasteiger charge is 2.34. The van der Waals surface area contributed by atoms with Crippen molar-refractivity contribution >= 4 is 55.3 Å². The van der Waals surface area contributed by atoms with Gasteiger partial charge in [-0.3, -0.25) is 14.6 Å². The Kier molecular flexibility index (Phi) is 6.74. The third-order valence-corrected chi connectivity index (χ3v) is 9.29. The number of nitrogens with zero attached hydrogens (tertiary/aromatic N) is 2. The molecule has 0 spiro atoms. The number of methoxy groups -OCH3 is 1. The van der Waals surface area contributed by atoms with Gasteiger partial charge in [-0.15, -0.1) is 0 Å². The van der Waals surface area contributed by atoms with E-state index in [0.717, 1.165) is 0 Å². The van der Waals surface area contributed by atoms with Gasteiger partial charge < -0.3 is 26.4 Å². The molecule has 2 amide bonds. The van der Waals surface area contributed by atoms with Gasteiger partial charge in [-0.2, -0.15) is 0 Å². The van der Waals surface area contributed by atoms with Crippen LogP contribution in [0.5, 0.6) is 5.75 Å². The molecule has 0 atom stereocenters. The Labute approximate surface area is 247 Å². The van der Waals surface area contributed by atoms with Gasteiger partial charge in [-0.25, -0.2) is 8.42 Å². The number of nitrogens with one attached hydrogen (secondary N) is 1. The molecule has 1 aromatic heterocycles. The van der Waals surface area contributed by atoms with Crippen LogP contribution < -0.4 is 26.4 Å². The zero-order chi connectivity index (χ0) is 30.5. The molecular weight excluding hydrogens is 566 g/mol. The molecule has 0 bridgehead atoms. The second kappa shape index (κ2) is 10.4. The highest BCUT2D eigenvalue weighted by Crippen LogP contribution is 2.38. The molecule has 2 heterocycles. The summed E-state index contributed by atoms with van der Waals surface area (Å²) < 4.78 is 33.8. The number of benzene rings is 4. The minimum absolute atomic E-state index is 0.0126. The maximum atomic E-state index is 14.3. The Bertz CT molecular complexity index is 2060. The number of rotatable bonds is 7. The SMILES string of the molecule is COc1cccc(Nc2c(C(N)=O)cnc3c(C)cc(S(=O)(=O)c4cccc5c4CN(c4ccc(N)cc4)C5=O)cc23)c1. The van der Waals surface area contributed by atoms with Crippen LogP contribution in [0, 0.1) is 6.92 Å². The number of nitrogen functional groups attached to an aromatic ring is 1. The zero-order valence-corrected chi connectivity index (χ0v) is 24.1. The average Bonchev–Trinajstić information content (AvgIpc) is 3.33. The summed E-state index contributed by atoms with van der Waals surface area (Å²) in [5, 5.41) is 3.61. The van der Waals surface area contributed by atoms with Gasteiger partial charge in [0.05, 0.1) is 40.2 Å². The number of ether oxygens (including phenoxy) is 1. The molecule has 1 aliphatic rings. The van der Waals surface area contributed by atoms with E-state index >= 15 is 0 Å². The molecule has 6 rings (SSSR count). The van der Waals surface area contributed by atoms with Crippen LogP contribution in [0.25, 0.3) is 10.9 Å². The van der Waals surface area contributed by atoms with E-state index in [-0.39, 0.29) is 27.8 Å². The van der Waals surface area contributed by atoms with Crippen molar-refractivity contribution in [1.29, 1.82) is 0 Å². The standard InChI is InChI=1S/C32H27N5O5S/c1-18-13-23(15-25-29(18)35-16-26(31(34)38)30(25)36-20-5-3-6-22(14-20)42-2)43(40,41)28-8-4-7-24-27(28)17-37(32(24)39)21-11-9-19(33)10-12-21/h3-16H,17,33H2,1-2H3,(H2,34,38)(H,35,36). The van der Waals surface area contributed by atoms with Gasteiger partial charge in [0.2, 0.25) is 9.84 Å². The number of sulfone groups is 1. The van der Waals surface area contributed by atoms with Gasteiger partial charge in [0.15, 0.2) is 0 Å². The summed E-state index contributed by atoms with van der Waals surface area (Å²) in [6.45, 7) is 1.82. The minimum Gasteiger partial charge on any atom is -0.497 e. The lowest BCUT2D eigenvalue weighted by molar-refractivity contribution is 0.0990. The predicted octanol–water partition coefficient (Wildman–Crippen LogP) is 4.97. The van der Waals surface area contributed by atoms with E-state index < -0.39 is 15.7 Å². The average molecular weight is 594 g/mol. The number of pyridine rings is 1. The molecule has 10 nitrogen and oxygen atoms in total. The number of hydrogen-bond donors (Lipinski definition) is 3. The number of primary amides is 1. The van der Waals surface area contributed by atoms with Crippen LogP contribution >= 0.6 is 0 Å². The van der Waals surface area contributed by atoms with E-state index in [1.165, 1.54) is 29.3 Å². The molecule has 0 unspecified atom stereocenters. The van der Waals surface area contributed by atoms with Crippen LogP contribution in [0.2, 0.25) is 0 Å². The van der Waals surface area contributed by atoms with Crippen LogP contribution in [0.15, 0.2) is 94.9 Å². The zero-order valence-electron chi connectivity index (χ0n) is 23.3.